The monoisotopic (exact) mass is 426 g/mol. The molecule has 31 heavy (non-hydrogen) atoms. The first-order chi connectivity index (χ1) is 14.5. The van der Waals surface area contributed by atoms with Crippen LogP contribution < -0.4 is 16.0 Å². The minimum atomic E-state index is -1.33. The van der Waals surface area contributed by atoms with E-state index in [1.165, 1.54) is 0 Å². The van der Waals surface area contributed by atoms with Crippen LogP contribution in [0.5, 0.6) is 0 Å². The number of carbonyl (C=O) groups is 2. The molecule has 166 valence electrons. The third-order valence-corrected chi connectivity index (χ3v) is 5.78. The van der Waals surface area contributed by atoms with E-state index in [1.54, 1.807) is 13.2 Å². The number of aliphatic carboxylic acids is 1. The predicted octanol–water partition coefficient (Wildman–Crippen LogP) is 3.03. The van der Waals surface area contributed by atoms with Crippen molar-refractivity contribution in [2.45, 2.75) is 72.3 Å². The molecule has 0 unspecified atom stereocenters. The molecule has 0 fully saturated rings. The molecule has 3 rings (SSSR count). The Morgan fingerprint density at radius 2 is 1.81 bits per heavy atom. The Hall–Kier alpha value is -3.09. The highest BCUT2D eigenvalue weighted by Crippen LogP contribution is 2.37. The van der Waals surface area contributed by atoms with Crippen molar-refractivity contribution in [3.8, 4) is 0 Å². The molecule has 0 aliphatic carbocycles. The van der Waals surface area contributed by atoms with Crippen LogP contribution in [0.1, 0.15) is 62.8 Å². The fourth-order valence-electron chi connectivity index (χ4n) is 3.90. The summed E-state index contributed by atoms with van der Waals surface area (Å²) in [6.45, 7) is 11.7. The van der Waals surface area contributed by atoms with E-state index in [1.807, 2.05) is 19.9 Å². The molecule has 0 aliphatic rings. The van der Waals surface area contributed by atoms with Gasteiger partial charge in [-0.1, -0.05) is 27.7 Å². The van der Waals surface area contributed by atoms with Crippen molar-refractivity contribution in [3.05, 3.63) is 45.0 Å². The third kappa shape index (κ3) is 4.22. The zero-order valence-electron chi connectivity index (χ0n) is 18.8. The highest BCUT2D eigenvalue weighted by molar-refractivity contribution is 6.00. The van der Waals surface area contributed by atoms with E-state index in [9.17, 15) is 19.5 Å². The first kappa shape index (κ1) is 22.6. The van der Waals surface area contributed by atoms with Crippen LogP contribution in [0.2, 0.25) is 0 Å². The molecular weight excluding hydrogens is 398 g/mol. The van der Waals surface area contributed by atoms with E-state index in [-0.39, 0.29) is 24.7 Å². The van der Waals surface area contributed by atoms with Crippen molar-refractivity contribution in [3.63, 3.8) is 0 Å². The lowest BCUT2D eigenvalue weighted by Crippen LogP contribution is -2.47. The van der Waals surface area contributed by atoms with Crippen molar-refractivity contribution in [1.82, 2.24) is 5.32 Å². The van der Waals surface area contributed by atoms with Crippen LogP contribution in [0.15, 0.2) is 26.0 Å². The lowest BCUT2D eigenvalue weighted by atomic mass is 9.86. The molecular formula is C24H28NO6-. The highest BCUT2D eigenvalue weighted by atomic mass is 16.4. The predicted molar refractivity (Wildman–Crippen MR) is 116 cm³/mol. The number of hydrogen-bond acceptors (Lipinski definition) is 6. The van der Waals surface area contributed by atoms with Gasteiger partial charge in [0, 0.05) is 33.9 Å². The molecule has 0 radical (unpaired) electrons. The molecule has 2 heterocycles. The highest BCUT2D eigenvalue weighted by Gasteiger charge is 2.24. The van der Waals surface area contributed by atoms with Crippen LogP contribution in [0.3, 0.4) is 0 Å². The Labute approximate surface area is 180 Å². The third-order valence-electron chi connectivity index (χ3n) is 5.78. The number of aryl methyl sites for hydroxylation is 2. The zero-order chi connectivity index (χ0) is 23.1. The average Bonchev–Trinajstić information content (AvgIpc) is 3.11. The van der Waals surface area contributed by atoms with Crippen LogP contribution in [-0.4, -0.2) is 17.9 Å². The average molecular weight is 426 g/mol. The van der Waals surface area contributed by atoms with Crippen molar-refractivity contribution in [2.75, 3.05) is 0 Å². The Bertz CT molecular complexity index is 1230. The maximum absolute atomic E-state index is 12.7. The fraction of sp³-hybridized carbons (Fsp3) is 0.458. The topological polar surface area (TPSA) is 113 Å². The Balaban J connectivity index is 2.02. The number of carboxylic acids is 1. The molecule has 1 N–H and O–H groups in total. The second kappa shape index (κ2) is 8.21. The van der Waals surface area contributed by atoms with Crippen LogP contribution >= 0.6 is 0 Å². The molecule has 0 aliphatic heterocycles. The summed E-state index contributed by atoms with van der Waals surface area (Å²) in [5.41, 5.74) is 3.51. The largest absolute Gasteiger partial charge is 0.548 e. The quantitative estimate of drug-likeness (QED) is 0.606. The van der Waals surface area contributed by atoms with Crippen LogP contribution in [0.4, 0.5) is 0 Å². The number of furan rings is 1. The summed E-state index contributed by atoms with van der Waals surface area (Å²) >= 11 is 0. The van der Waals surface area contributed by atoms with Gasteiger partial charge in [0.2, 0.25) is 5.91 Å². The van der Waals surface area contributed by atoms with E-state index in [0.717, 1.165) is 27.5 Å². The van der Waals surface area contributed by atoms with E-state index >= 15 is 0 Å². The second-order valence-electron chi connectivity index (χ2n) is 8.99. The second-order valence-corrected chi connectivity index (χ2v) is 8.99. The summed E-state index contributed by atoms with van der Waals surface area (Å²) in [6.07, 6.45) is 2.09. The Kier molecular flexibility index (Phi) is 5.98. The number of carbonyl (C=O) groups excluding carboxylic acids is 2. The van der Waals surface area contributed by atoms with E-state index in [4.69, 9.17) is 8.83 Å². The lowest BCUT2D eigenvalue weighted by molar-refractivity contribution is -0.308. The molecule has 1 atom stereocenters. The SMILES string of the molecule is CC[C@H](NC(=O)CCc1c(C)c2cc3c(C(C)(C)C)coc3c(C)c2oc1=O)C(=O)[O-]. The van der Waals surface area contributed by atoms with Gasteiger partial charge in [-0.05, 0) is 43.7 Å². The first-order valence-electron chi connectivity index (χ1n) is 10.4. The van der Waals surface area contributed by atoms with Crippen molar-refractivity contribution in [1.29, 1.82) is 0 Å². The number of carboxylic acid groups (broad SMARTS) is 1. The van der Waals surface area contributed by atoms with Crippen LogP contribution in [0, 0.1) is 13.8 Å². The number of nitrogens with one attached hydrogen (secondary N) is 1. The number of fused-ring (bicyclic) bond motifs is 2. The van der Waals surface area contributed by atoms with Gasteiger partial charge < -0.3 is 24.1 Å². The summed E-state index contributed by atoms with van der Waals surface area (Å²) < 4.78 is 11.4. The van der Waals surface area contributed by atoms with E-state index in [2.05, 4.69) is 26.1 Å². The molecule has 0 bridgehead atoms. The Morgan fingerprint density at radius 1 is 1.13 bits per heavy atom. The fourth-order valence-corrected chi connectivity index (χ4v) is 3.90. The maximum atomic E-state index is 12.7. The molecule has 1 amide bonds. The van der Waals surface area contributed by atoms with Crippen LogP contribution in [0.25, 0.3) is 21.9 Å². The number of benzene rings is 1. The minimum Gasteiger partial charge on any atom is -0.548 e. The van der Waals surface area contributed by atoms with Gasteiger partial charge in [-0.25, -0.2) is 4.79 Å². The summed E-state index contributed by atoms with van der Waals surface area (Å²) in [4.78, 5) is 35.9. The molecule has 0 saturated heterocycles. The molecule has 1 aromatic carbocycles. The minimum absolute atomic E-state index is 0.0267. The molecule has 7 heteroatoms. The summed E-state index contributed by atoms with van der Waals surface area (Å²) in [6, 6.07) is 0.932. The molecule has 3 aromatic rings. The lowest BCUT2D eigenvalue weighted by Gasteiger charge is -2.18. The van der Waals surface area contributed by atoms with Crippen LogP contribution in [-0.2, 0) is 21.4 Å². The molecule has 0 spiro atoms. The van der Waals surface area contributed by atoms with Crippen molar-refractivity contribution < 1.29 is 23.5 Å². The van der Waals surface area contributed by atoms with Crippen molar-refractivity contribution >= 4 is 33.8 Å². The van der Waals surface area contributed by atoms with Gasteiger partial charge in [0.15, 0.2) is 0 Å². The Morgan fingerprint density at radius 3 is 2.39 bits per heavy atom. The summed E-state index contributed by atoms with van der Waals surface area (Å²) in [5.74, 6) is -1.78. The number of hydrogen-bond donors (Lipinski definition) is 1. The maximum Gasteiger partial charge on any atom is 0.339 e. The normalized spacial score (nSPS) is 13.0. The van der Waals surface area contributed by atoms with Gasteiger partial charge >= 0.3 is 5.63 Å². The number of rotatable bonds is 6. The standard InChI is InChI=1S/C24H29NO6/c1-7-18(22(27)28)25-19(26)9-8-14-12(2)15-10-16-17(24(4,5)6)11-30-20(16)13(3)21(15)31-23(14)29/h10-11,18H,7-9H2,1-6H3,(H,25,26)(H,27,28)/p-1/t18-/m0/s1. The molecule has 0 saturated carbocycles. The van der Waals surface area contributed by atoms with Gasteiger partial charge in [0.25, 0.3) is 0 Å². The smallest absolute Gasteiger partial charge is 0.339 e. The van der Waals surface area contributed by atoms with Gasteiger partial charge in [0.05, 0.1) is 18.3 Å². The van der Waals surface area contributed by atoms with E-state index < -0.39 is 23.5 Å². The van der Waals surface area contributed by atoms with Gasteiger partial charge in [-0.2, -0.15) is 0 Å². The zero-order valence-corrected chi connectivity index (χ0v) is 18.8. The van der Waals surface area contributed by atoms with Gasteiger partial charge in [-0.3, -0.25) is 4.79 Å². The molecule has 2 aromatic heterocycles. The summed E-state index contributed by atoms with van der Waals surface area (Å²) in [5, 5.41) is 15.2. The van der Waals surface area contributed by atoms with Gasteiger partial charge in [-0.15, -0.1) is 0 Å². The van der Waals surface area contributed by atoms with Crippen molar-refractivity contribution in [2.24, 2.45) is 0 Å². The van der Waals surface area contributed by atoms with Gasteiger partial charge in [0.1, 0.15) is 11.2 Å². The number of amides is 1. The summed E-state index contributed by atoms with van der Waals surface area (Å²) in [7, 11) is 0. The van der Waals surface area contributed by atoms with E-state index in [0.29, 0.717) is 16.7 Å². The first-order valence-corrected chi connectivity index (χ1v) is 10.4. The molecule has 7 nitrogen and oxygen atoms in total.